The highest BCUT2D eigenvalue weighted by atomic mass is 16.6. The second-order valence-electron chi connectivity index (χ2n) is 3.69. The topological polar surface area (TPSA) is 75.4 Å². The molecule has 0 aliphatic carbocycles. The summed E-state index contributed by atoms with van der Waals surface area (Å²) in [5, 5.41) is 23.2. The van der Waals surface area contributed by atoms with Gasteiger partial charge in [0.15, 0.2) is 0 Å². The van der Waals surface area contributed by atoms with Gasteiger partial charge in [-0.3, -0.25) is 10.1 Å². The Morgan fingerprint density at radius 1 is 1.25 bits per heavy atom. The first kappa shape index (κ1) is 11.0. The van der Waals surface area contributed by atoms with E-state index in [0.717, 1.165) is 0 Å². The molecule has 0 bridgehead atoms. The van der Waals surface area contributed by atoms with E-state index in [1.165, 1.54) is 12.1 Å². The van der Waals surface area contributed by atoms with Gasteiger partial charge in [0, 0.05) is 12.1 Å². The lowest BCUT2D eigenvalue weighted by atomic mass is 10.2. The van der Waals surface area contributed by atoms with E-state index in [9.17, 15) is 15.3 Å². The molecule has 6 nitrogen and oxygen atoms in total. The molecule has 1 aliphatic rings. The van der Waals surface area contributed by atoms with E-state index in [1.54, 1.807) is 12.1 Å². The van der Waals surface area contributed by atoms with Crippen LogP contribution in [-0.4, -0.2) is 31.2 Å². The number of nitro benzene ring substituents is 1. The molecule has 1 saturated heterocycles. The monoisotopic (exact) mass is 224 g/mol. The third-order valence-corrected chi connectivity index (χ3v) is 2.71. The molecule has 0 saturated carbocycles. The molecule has 0 radical (unpaired) electrons. The lowest BCUT2D eigenvalue weighted by Crippen LogP contribution is -2.51. The smallest absolute Gasteiger partial charge is 0.329 e. The molecule has 1 aliphatic heterocycles. The van der Waals surface area contributed by atoms with Crippen LogP contribution in [0.15, 0.2) is 24.3 Å². The molecule has 16 heavy (non-hydrogen) atoms. The number of para-hydroxylation sites is 2. The molecule has 1 aromatic carbocycles. The van der Waals surface area contributed by atoms with Gasteiger partial charge in [-0.15, -0.1) is 0 Å². The van der Waals surface area contributed by atoms with Crippen LogP contribution < -0.4 is 4.65 Å². The fraction of sp³-hybridized carbons (Fsp3) is 0.400. The van der Waals surface area contributed by atoms with Crippen molar-refractivity contribution in [2.75, 3.05) is 26.3 Å². The highest BCUT2D eigenvalue weighted by molar-refractivity contribution is 5.61. The largest absolute Gasteiger partial charge is 0.627 e. The van der Waals surface area contributed by atoms with Crippen molar-refractivity contribution in [3.8, 4) is 0 Å². The average Bonchev–Trinajstić information content (AvgIpc) is 2.30. The number of ether oxygens (including phenoxy) is 1. The zero-order valence-corrected chi connectivity index (χ0v) is 8.67. The van der Waals surface area contributed by atoms with Crippen molar-refractivity contribution in [1.82, 2.24) is 4.65 Å². The Bertz CT molecular complexity index is 402. The zero-order valence-electron chi connectivity index (χ0n) is 8.67. The fourth-order valence-electron chi connectivity index (χ4n) is 1.84. The highest BCUT2D eigenvalue weighted by Crippen LogP contribution is 2.33. The first-order chi connectivity index (χ1) is 7.63. The minimum Gasteiger partial charge on any atom is -0.627 e. The Kier molecular flexibility index (Phi) is 2.86. The summed E-state index contributed by atoms with van der Waals surface area (Å²) in [6.07, 6.45) is 0. The van der Waals surface area contributed by atoms with Crippen LogP contribution in [0.4, 0.5) is 11.4 Å². The van der Waals surface area contributed by atoms with Crippen LogP contribution in [0.5, 0.6) is 0 Å². The molecule has 1 heterocycles. The van der Waals surface area contributed by atoms with E-state index in [1.807, 2.05) is 0 Å². The van der Waals surface area contributed by atoms with Gasteiger partial charge in [0.25, 0.3) is 0 Å². The number of hydroxylamine groups is 2. The van der Waals surface area contributed by atoms with Gasteiger partial charge in [-0.1, -0.05) is 12.1 Å². The molecule has 0 amide bonds. The van der Waals surface area contributed by atoms with E-state index in [4.69, 9.17) is 4.74 Å². The van der Waals surface area contributed by atoms with Crippen LogP contribution in [0.1, 0.15) is 0 Å². The van der Waals surface area contributed by atoms with Crippen LogP contribution in [0.25, 0.3) is 0 Å². The van der Waals surface area contributed by atoms with E-state index >= 15 is 0 Å². The van der Waals surface area contributed by atoms with Gasteiger partial charge >= 0.3 is 5.69 Å². The number of quaternary nitrogens is 1. The maximum Gasteiger partial charge on any atom is 0.329 e. The van der Waals surface area contributed by atoms with Crippen LogP contribution in [-0.2, 0) is 4.74 Å². The van der Waals surface area contributed by atoms with Crippen molar-refractivity contribution in [3.05, 3.63) is 39.6 Å². The van der Waals surface area contributed by atoms with Crippen LogP contribution in [0.2, 0.25) is 0 Å². The molecule has 1 aromatic rings. The predicted octanol–water partition coefficient (Wildman–Crippen LogP) is 1.43. The SMILES string of the molecule is O=[N+]([O-])c1ccccc1[N+]1([O-])CCOCC1. The third kappa shape index (κ3) is 1.90. The van der Waals surface area contributed by atoms with Gasteiger partial charge < -0.3 is 14.6 Å². The summed E-state index contributed by atoms with van der Waals surface area (Å²) in [6.45, 7) is 1.14. The molecule has 0 spiro atoms. The minimum atomic E-state index is -0.669. The highest BCUT2D eigenvalue weighted by Gasteiger charge is 2.31. The summed E-state index contributed by atoms with van der Waals surface area (Å²) in [5.41, 5.74) is 0.107. The molecule has 86 valence electrons. The summed E-state index contributed by atoms with van der Waals surface area (Å²) in [5.74, 6) is 0. The van der Waals surface area contributed by atoms with Crippen molar-refractivity contribution in [2.45, 2.75) is 0 Å². The van der Waals surface area contributed by atoms with E-state index in [2.05, 4.69) is 0 Å². The maximum absolute atomic E-state index is 12.4. The predicted molar refractivity (Wildman–Crippen MR) is 58.8 cm³/mol. The number of morpholine rings is 1. The van der Waals surface area contributed by atoms with Crippen molar-refractivity contribution in [3.63, 3.8) is 0 Å². The van der Waals surface area contributed by atoms with Crippen molar-refractivity contribution < 1.29 is 9.66 Å². The molecule has 1 fully saturated rings. The van der Waals surface area contributed by atoms with Gasteiger partial charge in [0.1, 0.15) is 13.1 Å². The summed E-state index contributed by atoms with van der Waals surface area (Å²) in [7, 11) is 0. The quantitative estimate of drug-likeness (QED) is 0.329. The zero-order chi connectivity index (χ0) is 11.6. The van der Waals surface area contributed by atoms with Gasteiger partial charge in [-0.05, 0) is 0 Å². The van der Waals surface area contributed by atoms with Crippen LogP contribution in [0.3, 0.4) is 0 Å². The fourth-order valence-corrected chi connectivity index (χ4v) is 1.84. The van der Waals surface area contributed by atoms with Gasteiger partial charge in [-0.25, -0.2) is 0 Å². The third-order valence-electron chi connectivity index (χ3n) is 2.71. The normalized spacial score (nSPS) is 19.3. The standard InChI is InChI=1S/C10H12N2O4/c13-11(14)9-3-1-2-4-10(9)12(15)5-7-16-8-6-12/h1-4H,5-8H2. The Morgan fingerprint density at radius 2 is 1.88 bits per heavy atom. The summed E-state index contributed by atoms with van der Waals surface area (Å²) in [4.78, 5) is 10.3. The lowest BCUT2D eigenvalue weighted by Gasteiger charge is -2.43. The van der Waals surface area contributed by atoms with Crippen molar-refractivity contribution in [1.29, 1.82) is 0 Å². The maximum atomic E-state index is 12.4. The van der Waals surface area contributed by atoms with Gasteiger partial charge in [0.2, 0.25) is 5.69 Å². The van der Waals surface area contributed by atoms with Crippen LogP contribution >= 0.6 is 0 Å². The van der Waals surface area contributed by atoms with Crippen molar-refractivity contribution >= 4 is 11.4 Å². The number of nitrogens with zero attached hydrogens (tertiary/aromatic N) is 2. The van der Waals surface area contributed by atoms with E-state index < -0.39 is 9.57 Å². The Hall–Kier alpha value is -1.50. The average molecular weight is 224 g/mol. The van der Waals surface area contributed by atoms with Gasteiger partial charge in [-0.2, -0.15) is 0 Å². The molecule has 0 aromatic heterocycles. The van der Waals surface area contributed by atoms with E-state index in [-0.39, 0.29) is 24.5 Å². The second-order valence-corrected chi connectivity index (χ2v) is 3.69. The Labute approximate surface area is 92.4 Å². The number of hydrogen-bond donors (Lipinski definition) is 0. The molecule has 6 heteroatoms. The lowest BCUT2D eigenvalue weighted by molar-refractivity contribution is -0.384. The number of nitro groups is 1. The van der Waals surface area contributed by atoms with Gasteiger partial charge in [0.05, 0.1) is 18.1 Å². The Morgan fingerprint density at radius 3 is 2.50 bits per heavy atom. The second kappa shape index (κ2) is 4.17. The number of benzene rings is 1. The molecule has 2 rings (SSSR count). The molecule has 0 N–H and O–H groups in total. The summed E-state index contributed by atoms with van der Waals surface area (Å²) < 4.78 is 4.43. The van der Waals surface area contributed by atoms with Crippen molar-refractivity contribution in [2.24, 2.45) is 0 Å². The number of hydrogen-bond acceptors (Lipinski definition) is 4. The van der Waals surface area contributed by atoms with E-state index in [0.29, 0.717) is 13.2 Å². The molecule has 0 atom stereocenters. The molecule has 0 unspecified atom stereocenters. The summed E-state index contributed by atoms with van der Waals surface area (Å²) >= 11 is 0. The molecular weight excluding hydrogens is 212 g/mol. The number of rotatable bonds is 2. The summed E-state index contributed by atoms with van der Waals surface area (Å²) in [6, 6.07) is 6.10. The first-order valence-electron chi connectivity index (χ1n) is 5.03. The minimum absolute atomic E-state index is 0.112. The van der Waals surface area contributed by atoms with Crippen LogP contribution in [0, 0.1) is 15.3 Å². The molecular formula is C10H12N2O4. The first-order valence-corrected chi connectivity index (χ1v) is 5.03. The Balaban J connectivity index is 2.42.